The van der Waals surface area contributed by atoms with Gasteiger partial charge in [0.05, 0.1) is 19.8 Å². The second-order valence-electron chi connectivity index (χ2n) is 6.46. The highest BCUT2D eigenvalue weighted by Gasteiger charge is 2.12. The van der Waals surface area contributed by atoms with Crippen LogP contribution in [0.15, 0.2) is 48.5 Å². The number of carbonyl (C=O) groups excluding carboxylic acids is 2. The minimum absolute atomic E-state index is 0.0614. The number of likely N-dealkylation sites (N-methyl/N-ethyl adjacent to an activating group) is 1. The van der Waals surface area contributed by atoms with E-state index in [1.165, 1.54) is 11.0 Å². The average Bonchev–Trinajstić information content (AvgIpc) is 2.69. The number of rotatable bonds is 9. The van der Waals surface area contributed by atoms with E-state index in [0.717, 1.165) is 11.1 Å². The monoisotopic (exact) mass is 396 g/mol. The molecule has 0 atom stereocenters. The van der Waals surface area contributed by atoms with E-state index in [9.17, 15) is 9.59 Å². The summed E-state index contributed by atoms with van der Waals surface area (Å²) in [6.07, 6.45) is 3.23. The molecule has 0 aromatic heterocycles. The molecule has 0 saturated carbocycles. The molecule has 6 nitrogen and oxygen atoms in total. The fraction of sp³-hybridized carbons (Fsp3) is 0.304. The first kappa shape index (κ1) is 22.0. The number of nitrogens with one attached hydrogen (secondary N) is 1. The van der Waals surface area contributed by atoms with Crippen LogP contribution in [0.1, 0.15) is 25.0 Å². The van der Waals surface area contributed by atoms with Crippen LogP contribution in [0.3, 0.4) is 0 Å². The molecule has 6 heteroatoms. The van der Waals surface area contributed by atoms with Crippen molar-refractivity contribution in [2.45, 2.75) is 20.8 Å². The topological polar surface area (TPSA) is 67.9 Å². The molecular weight excluding hydrogens is 368 g/mol. The number of ether oxygens (including phenoxy) is 2. The van der Waals surface area contributed by atoms with Crippen molar-refractivity contribution in [2.24, 2.45) is 0 Å². The van der Waals surface area contributed by atoms with Gasteiger partial charge < -0.3 is 19.7 Å². The van der Waals surface area contributed by atoms with Crippen LogP contribution in [0.2, 0.25) is 0 Å². The van der Waals surface area contributed by atoms with Gasteiger partial charge in [-0.3, -0.25) is 9.59 Å². The summed E-state index contributed by atoms with van der Waals surface area (Å²) in [5, 5.41) is 2.79. The Bertz CT molecular complexity index is 877. The Balaban J connectivity index is 1.96. The van der Waals surface area contributed by atoms with Gasteiger partial charge in [-0.15, -0.1) is 0 Å². The SMILES string of the molecule is CCOc1ccc(NC(=O)CN(C)C(=O)/C=C/c2ccccc2C)cc1OCC. The molecule has 2 rings (SSSR count). The first-order valence-electron chi connectivity index (χ1n) is 9.62. The molecule has 0 fully saturated rings. The summed E-state index contributed by atoms with van der Waals surface area (Å²) in [6.45, 7) is 6.71. The van der Waals surface area contributed by atoms with E-state index in [1.807, 2.05) is 45.0 Å². The maximum absolute atomic E-state index is 12.3. The highest BCUT2D eigenvalue weighted by atomic mass is 16.5. The Morgan fingerprint density at radius 1 is 1.03 bits per heavy atom. The lowest BCUT2D eigenvalue weighted by Crippen LogP contribution is -2.33. The van der Waals surface area contributed by atoms with Crippen LogP contribution >= 0.6 is 0 Å². The van der Waals surface area contributed by atoms with Gasteiger partial charge in [-0.05, 0) is 50.1 Å². The summed E-state index contributed by atoms with van der Waals surface area (Å²) in [7, 11) is 1.59. The summed E-state index contributed by atoms with van der Waals surface area (Å²) < 4.78 is 11.1. The second-order valence-corrected chi connectivity index (χ2v) is 6.46. The number of carbonyl (C=O) groups is 2. The van der Waals surface area contributed by atoms with Crippen LogP contribution in [-0.2, 0) is 9.59 Å². The minimum atomic E-state index is -0.295. The van der Waals surface area contributed by atoms with Crippen molar-refractivity contribution in [1.82, 2.24) is 4.90 Å². The average molecular weight is 396 g/mol. The highest BCUT2D eigenvalue weighted by Crippen LogP contribution is 2.30. The summed E-state index contributed by atoms with van der Waals surface area (Å²) in [5.74, 6) is 0.653. The lowest BCUT2D eigenvalue weighted by Gasteiger charge is -2.16. The Morgan fingerprint density at radius 2 is 1.72 bits per heavy atom. The van der Waals surface area contributed by atoms with E-state index in [2.05, 4.69) is 5.32 Å². The van der Waals surface area contributed by atoms with Gasteiger partial charge in [0.1, 0.15) is 0 Å². The maximum atomic E-state index is 12.3. The quantitative estimate of drug-likeness (QED) is 0.653. The van der Waals surface area contributed by atoms with Crippen molar-refractivity contribution in [3.05, 3.63) is 59.7 Å². The van der Waals surface area contributed by atoms with Crippen molar-refractivity contribution in [1.29, 1.82) is 0 Å². The van der Waals surface area contributed by atoms with Crippen molar-refractivity contribution < 1.29 is 19.1 Å². The van der Waals surface area contributed by atoms with Crippen LogP contribution in [-0.4, -0.2) is 43.5 Å². The first-order chi connectivity index (χ1) is 13.9. The number of benzene rings is 2. The van der Waals surface area contributed by atoms with Crippen LogP contribution in [0.4, 0.5) is 5.69 Å². The van der Waals surface area contributed by atoms with Crippen molar-refractivity contribution in [2.75, 3.05) is 32.1 Å². The van der Waals surface area contributed by atoms with Gasteiger partial charge in [0, 0.05) is 24.9 Å². The van der Waals surface area contributed by atoms with E-state index in [4.69, 9.17) is 9.47 Å². The third-order valence-electron chi connectivity index (χ3n) is 4.18. The number of aryl methyl sites for hydroxylation is 1. The zero-order chi connectivity index (χ0) is 21.2. The molecule has 1 N–H and O–H groups in total. The molecule has 2 aromatic rings. The van der Waals surface area contributed by atoms with E-state index < -0.39 is 0 Å². The van der Waals surface area contributed by atoms with Crippen molar-refractivity contribution in [3.8, 4) is 11.5 Å². The summed E-state index contributed by atoms with van der Waals surface area (Å²) in [4.78, 5) is 26.0. The van der Waals surface area contributed by atoms with Crippen LogP contribution in [0, 0.1) is 6.92 Å². The lowest BCUT2D eigenvalue weighted by atomic mass is 10.1. The second kappa shape index (κ2) is 10.9. The minimum Gasteiger partial charge on any atom is -0.490 e. The zero-order valence-electron chi connectivity index (χ0n) is 17.4. The van der Waals surface area contributed by atoms with Gasteiger partial charge in [0.2, 0.25) is 11.8 Å². The van der Waals surface area contributed by atoms with Crippen molar-refractivity contribution >= 4 is 23.6 Å². The van der Waals surface area contributed by atoms with E-state index in [0.29, 0.717) is 30.4 Å². The standard InChI is InChI=1S/C23H28N2O4/c1-5-28-20-13-12-19(15-21(20)29-6-2)24-22(26)16-25(4)23(27)14-11-18-10-8-7-9-17(18)3/h7-15H,5-6,16H2,1-4H3,(H,24,26)/b14-11+. The third-order valence-corrected chi connectivity index (χ3v) is 4.18. The van der Waals surface area contributed by atoms with Gasteiger partial charge >= 0.3 is 0 Å². The molecule has 0 saturated heterocycles. The van der Waals surface area contributed by atoms with E-state index in [1.54, 1.807) is 31.3 Å². The molecule has 154 valence electrons. The number of hydrogen-bond donors (Lipinski definition) is 1. The first-order valence-corrected chi connectivity index (χ1v) is 9.62. The molecule has 0 unspecified atom stereocenters. The van der Waals surface area contributed by atoms with Crippen LogP contribution in [0.5, 0.6) is 11.5 Å². The maximum Gasteiger partial charge on any atom is 0.246 e. The molecule has 0 radical (unpaired) electrons. The van der Waals surface area contributed by atoms with Gasteiger partial charge in [0.15, 0.2) is 11.5 Å². The molecule has 0 aliphatic carbocycles. The largest absolute Gasteiger partial charge is 0.490 e. The number of amides is 2. The number of nitrogens with zero attached hydrogens (tertiary/aromatic N) is 1. The molecule has 29 heavy (non-hydrogen) atoms. The number of anilines is 1. The van der Waals surface area contributed by atoms with Crippen molar-refractivity contribution in [3.63, 3.8) is 0 Å². The Morgan fingerprint density at radius 3 is 2.41 bits per heavy atom. The van der Waals surface area contributed by atoms with Gasteiger partial charge in [-0.2, -0.15) is 0 Å². The molecule has 0 bridgehead atoms. The van der Waals surface area contributed by atoms with Gasteiger partial charge in [-0.1, -0.05) is 24.3 Å². The summed E-state index contributed by atoms with van der Waals surface area (Å²) in [5.41, 5.74) is 2.63. The smallest absolute Gasteiger partial charge is 0.246 e. The zero-order valence-corrected chi connectivity index (χ0v) is 17.4. The number of hydrogen-bond acceptors (Lipinski definition) is 4. The molecule has 2 amide bonds. The Kier molecular flexibility index (Phi) is 8.27. The predicted molar refractivity (Wildman–Crippen MR) is 115 cm³/mol. The van der Waals surface area contributed by atoms with Crippen LogP contribution in [0.25, 0.3) is 6.08 Å². The van der Waals surface area contributed by atoms with E-state index >= 15 is 0 Å². The summed E-state index contributed by atoms with van der Waals surface area (Å²) in [6, 6.07) is 13.0. The molecule has 2 aromatic carbocycles. The molecule has 0 aliphatic heterocycles. The molecule has 0 spiro atoms. The fourth-order valence-electron chi connectivity index (χ4n) is 2.68. The third kappa shape index (κ3) is 6.68. The van der Waals surface area contributed by atoms with Gasteiger partial charge in [-0.25, -0.2) is 0 Å². The Hall–Kier alpha value is -3.28. The molecule has 0 aliphatic rings. The summed E-state index contributed by atoms with van der Waals surface area (Å²) >= 11 is 0. The molecular formula is C23H28N2O4. The lowest BCUT2D eigenvalue weighted by molar-refractivity contribution is -0.129. The predicted octanol–water partition coefficient (Wildman–Crippen LogP) is 3.90. The highest BCUT2D eigenvalue weighted by molar-refractivity contribution is 5.98. The fourth-order valence-corrected chi connectivity index (χ4v) is 2.68. The van der Waals surface area contributed by atoms with E-state index in [-0.39, 0.29) is 18.4 Å². The normalized spacial score (nSPS) is 10.6. The van der Waals surface area contributed by atoms with Crippen LogP contribution < -0.4 is 14.8 Å². The molecule has 0 heterocycles. The Labute approximate surface area is 172 Å². The van der Waals surface area contributed by atoms with Gasteiger partial charge in [0.25, 0.3) is 0 Å².